The summed E-state index contributed by atoms with van der Waals surface area (Å²) in [6.45, 7) is 8.98. The lowest BCUT2D eigenvalue weighted by molar-refractivity contribution is -0.384. The third-order valence-corrected chi connectivity index (χ3v) is 5.97. The maximum Gasteiger partial charge on any atom is 0.282 e. The van der Waals surface area contributed by atoms with Crippen molar-refractivity contribution in [1.82, 2.24) is 0 Å². The highest BCUT2D eigenvalue weighted by molar-refractivity contribution is 6.08. The highest BCUT2D eigenvalue weighted by Gasteiger charge is 2.33. The van der Waals surface area contributed by atoms with Gasteiger partial charge in [-0.15, -0.1) is 0 Å². The minimum absolute atomic E-state index is 0.743. The first kappa shape index (κ1) is 30.1. The Balaban J connectivity index is 4.69. The van der Waals surface area contributed by atoms with Crippen molar-refractivity contribution in [3.05, 3.63) is 0 Å². The molecule has 0 aromatic rings. The second kappa shape index (κ2) is 23.8. The van der Waals surface area contributed by atoms with Crippen LogP contribution in [0.15, 0.2) is 0 Å². The Labute approximate surface area is 192 Å². The van der Waals surface area contributed by atoms with Gasteiger partial charge in [0.05, 0.1) is 19.8 Å². The normalized spacial score (nSPS) is 12.0. The van der Waals surface area contributed by atoms with Gasteiger partial charge in [-0.3, -0.25) is 0 Å². The first-order chi connectivity index (χ1) is 14.7. The van der Waals surface area contributed by atoms with Gasteiger partial charge in [0.1, 0.15) is 0 Å². The monoisotopic (exact) mass is 441 g/mol. The topological polar surface area (TPSA) is 27.7 Å². The zero-order chi connectivity index (χ0) is 22.2. The Morgan fingerprint density at radius 3 is 1.23 bits per heavy atom. The lowest BCUT2D eigenvalue weighted by Crippen LogP contribution is -2.40. The van der Waals surface area contributed by atoms with Crippen LogP contribution in [-0.2, 0) is 14.2 Å². The molecule has 0 fully saturated rings. The van der Waals surface area contributed by atoms with Gasteiger partial charge in [0.15, 0.2) is 0 Å². The highest BCUT2D eigenvalue weighted by Crippen LogP contribution is 2.26. The third kappa shape index (κ3) is 18.8. The van der Waals surface area contributed by atoms with Gasteiger partial charge < -0.3 is 14.2 Å². The molecule has 0 spiro atoms. The van der Waals surface area contributed by atoms with E-state index in [4.69, 9.17) is 14.2 Å². The Morgan fingerprint density at radius 2 is 0.833 bits per heavy atom. The van der Waals surface area contributed by atoms with E-state index < -0.39 is 5.97 Å². The van der Waals surface area contributed by atoms with E-state index in [1.165, 1.54) is 83.5 Å². The SMILES string of the molecule is CCCCCCOC(CCCCCCC[Si])(OCCCCCC)OCCCCCC. The predicted molar refractivity (Wildman–Crippen MR) is 131 cm³/mol. The van der Waals surface area contributed by atoms with Crippen LogP contribution in [0.5, 0.6) is 0 Å². The maximum atomic E-state index is 6.36. The van der Waals surface area contributed by atoms with Crippen LogP contribution in [0, 0.1) is 0 Å². The molecule has 0 saturated carbocycles. The van der Waals surface area contributed by atoms with Crippen molar-refractivity contribution in [2.24, 2.45) is 0 Å². The quantitative estimate of drug-likeness (QED) is 0.0809. The summed E-state index contributed by atoms with van der Waals surface area (Å²) in [6.07, 6.45) is 21.6. The van der Waals surface area contributed by atoms with Gasteiger partial charge in [0, 0.05) is 16.7 Å². The fourth-order valence-corrected chi connectivity index (χ4v) is 3.86. The average Bonchev–Trinajstić information content (AvgIpc) is 2.75. The lowest BCUT2D eigenvalue weighted by atomic mass is 10.1. The lowest BCUT2D eigenvalue weighted by Gasteiger charge is -2.34. The van der Waals surface area contributed by atoms with Crippen LogP contribution in [0.25, 0.3) is 0 Å². The number of hydrogen-bond donors (Lipinski definition) is 0. The molecule has 0 aromatic heterocycles. The van der Waals surface area contributed by atoms with Crippen molar-refractivity contribution in [2.75, 3.05) is 19.8 Å². The standard InChI is InChI=1S/C26H53O3Si/c1-4-7-10-17-22-27-26(28-23-18-11-8-5-2,29-24-19-12-9-6-3)21-16-14-13-15-20-25-30/h4-25H2,1-3H3. The Morgan fingerprint density at radius 1 is 0.467 bits per heavy atom. The zero-order valence-corrected chi connectivity index (χ0v) is 21.8. The van der Waals surface area contributed by atoms with Gasteiger partial charge in [0.25, 0.3) is 5.97 Å². The molecule has 0 aromatic carbocycles. The van der Waals surface area contributed by atoms with Crippen molar-refractivity contribution >= 4 is 10.2 Å². The Kier molecular flexibility index (Phi) is 23.8. The molecule has 3 nitrogen and oxygen atoms in total. The minimum atomic E-state index is -0.820. The van der Waals surface area contributed by atoms with E-state index >= 15 is 0 Å². The van der Waals surface area contributed by atoms with E-state index in [9.17, 15) is 0 Å². The molecule has 0 unspecified atom stereocenters. The zero-order valence-electron chi connectivity index (χ0n) is 20.8. The van der Waals surface area contributed by atoms with Gasteiger partial charge in [-0.1, -0.05) is 110 Å². The van der Waals surface area contributed by atoms with Crippen LogP contribution < -0.4 is 0 Å². The molecule has 3 radical (unpaired) electrons. The number of rotatable bonds is 25. The van der Waals surface area contributed by atoms with Crippen molar-refractivity contribution in [1.29, 1.82) is 0 Å². The molecule has 0 rings (SSSR count). The molecule has 0 atom stereocenters. The summed E-state index contributed by atoms with van der Waals surface area (Å²) in [5.74, 6) is -0.820. The van der Waals surface area contributed by atoms with Crippen LogP contribution in [0.3, 0.4) is 0 Å². The van der Waals surface area contributed by atoms with Crippen LogP contribution >= 0.6 is 0 Å². The van der Waals surface area contributed by atoms with E-state index in [2.05, 4.69) is 31.0 Å². The maximum absolute atomic E-state index is 6.36. The van der Waals surface area contributed by atoms with E-state index in [1.807, 2.05) is 0 Å². The van der Waals surface area contributed by atoms with Crippen LogP contribution in [0.4, 0.5) is 0 Å². The van der Waals surface area contributed by atoms with E-state index in [-0.39, 0.29) is 0 Å². The Bertz CT molecular complexity index is 289. The molecule has 0 aliphatic heterocycles. The van der Waals surface area contributed by atoms with Gasteiger partial charge in [-0.05, 0) is 25.7 Å². The van der Waals surface area contributed by atoms with Crippen molar-refractivity contribution < 1.29 is 14.2 Å². The van der Waals surface area contributed by atoms with Gasteiger partial charge in [-0.2, -0.15) is 0 Å². The molecule has 0 bridgehead atoms. The van der Waals surface area contributed by atoms with Gasteiger partial charge in [0.2, 0.25) is 0 Å². The van der Waals surface area contributed by atoms with Gasteiger partial charge in [-0.25, -0.2) is 0 Å². The minimum Gasteiger partial charge on any atom is -0.327 e. The summed E-state index contributed by atoms with van der Waals surface area (Å²) in [7, 11) is 3.58. The van der Waals surface area contributed by atoms with Crippen LogP contribution in [-0.4, -0.2) is 36.0 Å². The highest BCUT2D eigenvalue weighted by atomic mass is 28.1. The summed E-state index contributed by atoms with van der Waals surface area (Å²) in [6, 6.07) is 1.10. The summed E-state index contributed by atoms with van der Waals surface area (Å²) in [5.41, 5.74) is 0. The largest absolute Gasteiger partial charge is 0.327 e. The third-order valence-electron chi connectivity index (χ3n) is 5.62. The van der Waals surface area contributed by atoms with Crippen molar-refractivity contribution in [2.45, 2.75) is 148 Å². The molecule has 0 aliphatic carbocycles. The second-order valence-electron chi connectivity index (χ2n) is 8.68. The summed E-state index contributed by atoms with van der Waals surface area (Å²) >= 11 is 0. The van der Waals surface area contributed by atoms with E-state index in [1.54, 1.807) is 0 Å². The number of ether oxygens (including phenoxy) is 3. The second-order valence-corrected chi connectivity index (χ2v) is 9.18. The molecular weight excluding hydrogens is 388 g/mol. The molecule has 0 saturated heterocycles. The summed E-state index contributed by atoms with van der Waals surface area (Å²) in [5, 5.41) is 0. The first-order valence-corrected chi connectivity index (χ1v) is 14.0. The van der Waals surface area contributed by atoms with Gasteiger partial charge >= 0.3 is 0 Å². The smallest absolute Gasteiger partial charge is 0.282 e. The molecule has 4 heteroatoms. The van der Waals surface area contributed by atoms with Crippen LogP contribution in [0.1, 0.15) is 136 Å². The number of unbranched alkanes of at least 4 members (excludes halogenated alkanes) is 13. The average molecular weight is 442 g/mol. The molecule has 0 aliphatic rings. The fourth-order valence-electron chi connectivity index (χ4n) is 3.61. The molecule has 30 heavy (non-hydrogen) atoms. The number of hydrogen-bond acceptors (Lipinski definition) is 3. The Hall–Kier alpha value is 0.0969. The van der Waals surface area contributed by atoms with E-state index in [0.29, 0.717) is 0 Å². The van der Waals surface area contributed by atoms with Crippen molar-refractivity contribution in [3.63, 3.8) is 0 Å². The molecule has 0 amide bonds. The first-order valence-electron chi connectivity index (χ1n) is 13.3. The molecule has 0 heterocycles. The van der Waals surface area contributed by atoms with E-state index in [0.717, 1.165) is 58.0 Å². The molecule has 0 N–H and O–H groups in total. The predicted octanol–water partition coefficient (Wildman–Crippen LogP) is 8.36. The summed E-state index contributed by atoms with van der Waals surface area (Å²) in [4.78, 5) is 0. The fraction of sp³-hybridized carbons (Fsp3) is 1.00. The van der Waals surface area contributed by atoms with Crippen LogP contribution in [0.2, 0.25) is 6.04 Å². The van der Waals surface area contributed by atoms with Crippen molar-refractivity contribution in [3.8, 4) is 0 Å². The molecule has 179 valence electrons. The summed E-state index contributed by atoms with van der Waals surface area (Å²) < 4.78 is 19.1. The molecular formula is C26H53O3Si.